The molecule has 5 heteroatoms. The fourth-order valence-electron chi connectivity index (χ4n) is 3.54. The zero-order chi connectivity index (χ0) is 21.1. The van der Waals surface area contributed by atoms with E-state index in [0.717, 1.165) is 37.3 Å². The summed E-state index contributed by atoms with van der Waals surface area (Å²) in [5, 5.41) is 3.48. The van der Waals surface area contributed by atoms with Crippen LogP contribution in [0, 0.1) is 0 Å². The number of rotatable bonds is 6. The molecule has 1 heterocycles. The number of ketones is 1. The average Bonchev–Trinajstić information content (AvgIpc) is 3.14. The van der Waals surface area contributed by atoms with Gasteiger partial charge in [-0.3, -0.25) is 4.79 Å². The lowest BCUT2D eigenvalue weighted by atomic mass is 10.1. The van der Waals surface area contributed by atoms with Crippen LogP contribution in [0.4, 0.5) is 5.69 Å². The van der Waals surface area contributed by atoms with Crippen LogP contribution < -0.4 is 5.32 Å². The summed E-state index contributed by atoms with van der Waals surface area (Å²) in [5.41, 5.74) is 5.65. The van der Waals surface area contributed by atoms with Crippen LogP contribution in [0.1, 0.15) is 23.0 Å². The van der Waals surface area contributed by atoms with Crippen LogP contribution in [-0.4, -0.2) is 10.4 Å². The van der Waals surface area contributed by atoms with Gasteiger partial charge in [0.15, 0.2) is 5.78 Å². The first kappa shape index (κ1) is 20.6. The molecule has 0 atom stereocenters. The summed E-state index contributed by atoms with van der Waals surface area (Å²) >= 11 is 7.28. The van der Waals surface area contributed by atoms with Gasteiger partial charge in [0.25, 0.3) is 0 Å². The molecule has 0 saturated heterocycles. The molecule has 0 radical (unpaired) electrons. The van der Waals surface area contributed by atoms with Crippen molar-refractivity contribution in [1.82, 2.24) is 4.57 Å². The third-order valence-corrected chi connectivity index (χ3v) is 6.33. The van der Waals surface area contributed by atoms with E-state index in [9.17, 15) is 4.79 Å². The highest BCUT2D eigenvalue weighted by molar-refractivity contribution is 9.11. The highest BCUT2D eigenvalue weighted by atomic mass is 79.9. The Morgan fingerprint density at radius 2 is 1.50 bits per heavy atom. The van der Waals surface area contributed by atoms with Gasteiger partial charge in [0.1, 0.15) is 0 Å². The number of halogens is 2. The molecule has 0 amide bonds. The molecule has 150 valence electrons. The lowest BCUT2D eigenvalue weighted by Gasteiger charge is -2.17. The molecule has 0 unspecified atom stereocenters. The van der Waals surface area contributed by atoms with E-state index < -0.39 is 0 Å². The molecule has 0 aliphatic heterocycles. The molecule has 0 saturated carbocycles. The van der Waals surface area contributed by atoms with E-state index in [1.165, 1.54) is 0 Å². The van der Waals surface area contributed by atoms with Crippen molar-refractivity contribution in [2.45, 2.75) is 13.5 Å². The molecule has 3 nitrogen and oxygen atoms in total. The van der Waals surface area contributed by atoms with Crippen LogP contribution in [0.2, 0.25) is 0 Å². The fraction of sp³-hybridized carbons (Fsp3) is 0.0800. The zero-order valence-corrected chi connectivity index (χ0v) is 19.6. The second-order valence-electron chi connectivity index (χ2n) is 6.93. The number of Topliss-reactive ketones (excluding diaryl/α,β-unsaturated/α-hetero) is 1. The third-order valence-electron chi connectivity index (χ3n) is 4.97. The van der Waals surface area contributed by atoms with E-state index >= 15 is 0 Å². The lowest BCUT2D eigenvalue weighted by molar-refractivity contribution is 0.101. The zero-order valence-electron chi connectivity index (χ0n) is 16.4. The van der Waals surface area contributed by atoms with Crippen molar-refractivity contribution >= 4 is 43.3 Å². The van der Waals surface area contributed by atoms with Crippen molar-refractivity contribution in [3.63, 3.8) is 0 Å². The van der Waals surface area contributed by atoms with Crippen LogP contribution in [0.3, 0.4) is 0 Å². The van der Waals surface area contributed by atoms with Gasteiger partial charge in [0.05, 0.1) is 23.6 Å². The van der Waals surface area contributed by atoms with Crippen LogP contribution in [0.15, 0.2) is 93.9 Å². The first-order valence-electron chi connectivity index (χ1n) is 9.60. The van der Waals surface area contributed by atoms with Crippen LogP contribution in [0.5, 0.6) is 0 Å². The van der Waals surface area contributed by atoms with E-state index in [1.54, 1.807) is 6.92 Å². The van der Waals surface area contributed by atoms with Crippen LogP contribution in [0.25, 0.3) is 16.9 Å². The Morgan fingerprint density at radius 1 is 0.867 bits per heavy atom. The number of nitrogens with zero attached hydrogens (tertiary/aromatic N) is 1. The molecule has 0 aliphatic carbocycles. The quantitative estimate of drug-likeness (QED) is 0.266. The predicted octanol–water partition coefficient (Wildman–Crippen LogP) is 7.48. The molecule has 3 aromatic carbocycles. The summed E-state index contributed by atoms with van der Waals surface area (Å²) in [4.78, 5) is 12.6. The number of hydrogen-bond donors (Lipinski definition) is 1. The Bertz CT molecular complexity index is 1200. The van der Waals surface area contributed by atoms with Gasteiger partial charge in [0, 0.05) is 20.2 Å². The highest BCUT2D eigenvalue weighted by Gasteiger charge is 2.21. The number of carbonyl (C=O) groups is 1. The molecular formula is C25H20Br2N2O. The van der Waals surface area contributed by atoms with Crippen molar-refractivity contribution in [2.75, 3.05) is 5.32 Å². The molecule has 0 aliphatic rings. The summed E-state index contributed by atoms with van der Waals surface area (Å²) in [6.45, 7) is 2.13. The van der Waals surface area contributed by atoms with Gasteiger partial charge in [-0.1, -0.05) is 54.6 Å². The van der Waals surface area contributed by atoms with Crippen molar-refractivity contribution in [1.29, 1.82) is 0 Å². The topological polar surface area (TPSA) is 34.0 Å². The van der Waals surface area contributed by atoms with Crippen molar-refractivity contribution in [2.24, 2.45) is 0 Å². The average molecular weight is 524 g/mol. The van der Waals surface area contributed by atoms with Crippen molar-refractivity contribution in [3.8, 4) is 16.9 Å². The Morgan fingerprint density at radius 3 is 2.17 bits per heavy atom. The minimum Gasteiger partial charge on any atom is -0.379 e. The van der Waals surface area contributed by atoms with Gasteiger partial charge in [-0.2, -0.15) is 0 Å². The number of anilines is 1. The van der Waals surface area contributed by atoms with Crippen LogP contribution in [-0.2, 0) is 6.54 Å². The third kappa shape index (κ3) is 4.13. The molecule has 4 aromatic rings. The van der Waals surface area contributed by atoms with E-state index in [-0.39, 0.29) is 5.78 Å². The summed E-state index contributed by atoms with van der Waals surface area (Å²) in [7, 11) is 0. The second-order valence-corrected chi connectivity index (χ2v) is 8.64. The summed E-state index contributed by atoms with van der Waals surface area (Å²) < 4.78 is 4.12. The molecule has 30 heavy (non-hydrogen) atoms. The Hall–Kier alpha value is -2.63. The summed E-state index contributed by atoms with van der Waals surface area (Å²) in [5.74, 6) is 0.0434. The molecule has 0 spiro atoms. The maximum absolute atomic E-state index is 12.6. The van der Waals surface area contributed by atoms with Crippen LogP contribution >= 0.6 is 31.9 Å². The molecule has 0 fully saturated rings. The number of para-hydroxylation sites is 2. The Kier molecular flexibility index (Phi) is 6.21. The second kappa shape index (κ2) is 9.02. The smallest absolute Gasteiger partial charge is 0.161 e. The first-order chi connectivity index (χ1) is 14.6. The minimum atomic E-state index is 0.0434. The molecule has 1 aromatic heterocycles. The summed E-state index contributed by atoms with van der Waals surface area (Å²) in [6, 6.07) is 28.2. The number of benzene rings is 3. The van der Waals surface area contributed by atoms with Gasteiger partial charge >= 0.3 is 0 Å². The van der Waals surface area contributed by atoms with Gasteiger partial charge in [-0.25, -0.2) is 0 Å². The Balaban J connectivity index is 1.91. The molecule has 0 bridgehead atoms. The van der Waals surface area contributed by atoms with Crippen molar-refractivity contribution in [3.05, 3.63) is 105 Å². The van der Waals surface area contributed by atoms with Gasteiger partial charge in [-0.05, 0) is 74.7 Å². The largest absolute Gasteiger partial charge is 0.379 e. The Labute approximate surface area is 193 Å². The van der Waals surface area contributed by atoms with E-state index in [1.807, 2.05) is 66.7 Å². The standard InChI is InChI=1S/C25H20Br2N2O/c1-17(30)19-15-24(18-9-3-2-4-10-18)29(23-14-8-6-12-21(23)27)25(19)16-28-22-13-7-5-11-20(22)26/h2-15,28H,16H2,1H3. The molecular weight excluding hydrogens is 504 g/mol. The highest BCUT2D eigenvalue weighted by Crippen LogP contribution is 2.34. The maximum atomic E-state index is 12.6. The first-order valence-corrected chi connectivity index (χ1v) is 11.2. The van der Waals surface area contributed by atoms with Gasteiger partial charge < -0.3 is 9.88 Å². The van der Waals surface area contributed by atoms with E-state index in [4.69, 9.17) is 0 Å². The fourth-order valence-corrected chi connectivity index (χ4v) is 4.43. The normalized spacial score (nSPS) is 10.8. The lowest BCUT2D eigenvalue weighted by Crippen LogP contribution is -2.11. The minimum absolute atomic E-state index is 0.0434. The maximum Gasteiger partial charge on any atom is 0.161 e. The predicted molar refractivity (Wildman–Crippen MR) is 130 cm³/mol. The number of nitrogens with one attached hydrogen (secondary N) is 1. The summed E-state index contributed by atoms with van der Waals surface area (Å²) in [6.07, 6.45) is 0. The molecule has 1 N–H and O–H groups in total. The van der Waals surface area contributed by atoms with E-state index in [0.29, 0.717) is 12.1 Å². The number of aromatic nitrogens is 1. The van der Waals surface area contributed by atoms with E-state index in [2.05, 4.69) is 59.9 Å². The number of hydrogen-bond acceptors (Lipinski definition) is 2. The SMILES string of the molecule is CC(=O)c1cc(-c2ccccc2)n(-c2ccccc2Br)c1CNc1ccccc1Br. The van der Waals surface area contributed by atoms with Crippen molar-refractivity contribution < 1.29 is 4.79 Å². The number of carbonyl (C=O) groups excluding carboxylic acids is 1. The van der Waals surface area contributed by atoms with Gasteiger partial charge in [0.2, 0.25) is 0 Å². The molecule has 4 rings (SSSR count). The monoisotopic (exact) mass is 522 g/mol. The van der Waals surface area contributed by atoms with Gasteiger partial charge in [-0.15, -0.1) is 0 Å².